The third kappa shape index (κ3) is 1.91. The molecule has 18 heavy (non-hydrogen) atoms. The number of rotatable bonds is 1. The average Bonchev–Trinajstić information content (AvgIpc) is 2.75. The van der Waals surface area contributed by atoms with Gasteiger partial charge in [0.1, 0.15) is 5.02 Å². The van der Waals surface area contributed by atoms with Crippen molar-refractivity contribution in [3.8, 4) is 5.82 Å². The maximum absolute atomic E-state index is 6.08. The number of anilines is 1. The molecule has 0 radical (unpaired) electrons. The van der Waals surface area contributed by atoms with E-state index in [2.05, 4.69) is 37.7 Å². The quantitative estimate of drug-likeness (QED) is 0.668. The van der Waals surface area contributed by atoms with Crippen molar-refractivity contribution in [1.82, 2.24) is 19.7 Å². The van der Waals surface area contributed by atoms with Gasteiger partial charge in [-0.25, -0.2) is 9.67 Å². The number of benzene rings is 1. The van der Waals surface area contributed by atoms with Gasteiger partial charge in [0, 0.05) is 8.96 Å². The van der Waals surface area contributed by atoms with Crippen LogP contribution >= 0.6 is 34.2 Å². The van der Waals surface area contributed by atoms with Crippen LogP contribution in [0.5, 0.6) is 0 Å². The molecule has 0 fully saturated rings. The average molecular weight is 372 g/mol. The third-order valence-electron chi connectivity index (χ3n) is 2.48. The fourth-order valence-corrected chi connectivity index (χ4v) is 2.33. The highest BCUT2D eigenvalue weighted by Gasteiger charge is 2.11. The molecule has 0 aliphatic heterocycles. The minimum atomic E-state index is 0.170. The van der Waals surface area contributed by atoms with Gasteiger partial charge in [-0.3, -0.25) is 0 Å². The van der Waals surface area contributed by atoms with E-state index in [4.69, 9.17) is 17.3 Å². The Labute approximate surface area is 121 Å². The summed E-state index contributed by atoms with van der Waals surface area (Å²) in [5.74, 6) is 0.657. The zero-order valence-electron chi connectivity index (χ0n) is 9.01. The van der Waals surface area contributed by atoms with Crippen molar-refractivity contribution in [3.63, 3.8) is 0 Å². The van der Waals surface area contributed by atoms with Crippen molar-refractivity contribution in [2.45, 2.75) is 0 Å². The van der Waals surface area contributed by atoms with Crippen LogP contribution in [0.4, 0.5) is 5.95 Å². The second-order valence-corrected chi connectivity index (χ2v) is 5.31. The van der Waals surface area contributed by atoms with Crippen LogP contribution in [0.15, 0.2) is 30.6 Å². The third-order valence-corrected chi connectivity index (χ3v) is 3.42. The van der Waals surface area contributed by atoms with E-state index in [1.165, 1.54) is 6.20 Å². The summed E-state index contributed by atoms with van der Waals surface area (Å²) in [6.07, 6.45) is 3.24. The first-order chi connectivity index (χ1) is 8.65. The van der Waals surface area contributed by atoms with Gasteiger partial charge in [-0.15, -0.1) is 0 Å². The van der Waals surface area contributed by atoms with E-state index in [0.29, 0.717) is 10.8 Å². The molecule has 0 saturated heterocycles. The molecule has 0 atom stereocenters. The summed E-state index contributed by atoms with van der Waals surface area (Å²) in [5, 5.41) is 5.72. The monoisotopic (exact) mass is 371 g/mol. The molecule has 0 aliphatic rings. The number of aromatic nitrogens is 4. The van der Waals surface area contributed by atoms with Crippen molar-refractivity contribution in [2.24, 2.45) is 0 Å². The Morgan fingerprint density at radius 1 is 1.28 bits per heavy atom. The number of halogens is 2. The molecule has 3 aromatic rings. The smallest absolute Gasteiger partial charge is 0.222 e. The minimum Gasteiger partial charge on any atom is -0.368 e. The van der Waals surface area contributed by atoms with Crippen LogP contribution in [0.3, 0.4) is 0 Å². The maximum Gasteiger partial charge on any atom is 0.222 e. The molecule has 2 aromatic heterocycles. The highest BCUT2D eigenvalue weighted by Crippen LogP contribution is 2.23. The summed E-state index contributed by atoms with van der Waals surface area (Å²) < 4.78 is 2.78. The highest BCUT2D eigenvalue weighted by molar-refractivity contribution is 14.1. The molecule has 0 saturated carbocycles. The first kappa shape index (κ1) is 11.7. The standard InChI is InChI=1S/C11H7ClIN5/c12-8-5-15-11(14)17-10(8)18-9-3-7(13)2-1-6(9)4-16-18/h1-5H,(H2,14,15,17). The lowest BCUT2D eigenvalue weighted by atomic mass is 10.2. The summed E-state index contributed by atoms with van der Waals surface area (Å²) in [6, 6.07) is 6.03. The van der Waals surface area contributed by atoms with Gasteiger partial charge in [0.05, 0.1) is 17.9 Å². The van der Waals surface area contributed by atoms with Crippen LogP contribution in [0.25, 0.3) is 16.7 Å². The zero-order chi connectivity index (χ0) is 12.7. The van der Waals surface area contributed by atoms with Crippen molar-refractivity contribution >= 4 is 51.0 Å². The van der Waals surface area contributed by atoms with Crippen LogP contribution in [0.1, 0.15) is 0 Å². The molecular formula is C11H7ClIN5. The van der Waals surface area contributed by atoms with E-state index in [0.717, 1.165) is 14.5 Å². The summed E-state index contributed by atoms with van der Waals surface area (Å²) in [5.41, 5.74) is 6.52. The molecule has 0 spiro atoms. The molecule has 2 heterocycles. The summed E-state index contributed by atoms with van der Waals surface area (Å²) in [4.78, 5) is 7.97. The second-order valence-electron chi connectivity index (χ2n) is 3.66. The minimum absolute atomic E-state index is 0.170. The Bertz CT molecular complexity index is 739. The molecule has 3 rings (SSSR count). The molecule has 0 aliphatic carbocycles. The van der Waals surface area contributed by atoms with Gasteiger partial charge in [0.2, 0.25) is 5.95 Å². The molecule has 0 unspecified atom stereocenters. The largest absolute Gasteiger partial charge is 0.368 e. The molecule has 90 valence electrons. The van der Waals surface area contributed by atoms with Crippen molar-refractivity contribution < 1.29 is 0 Å². The first-order valence-corrected chi connectivity index (χ1v) is 6.52. The van der Waals surface area contributed by atoms with Gasteiger partial charge < -0.3 is 5.73 Å². The van der Waals surface area contributed by atoms with Gasteiger partial charge >= 0.3 is 0 Å². The fourth-order valence-electron chi connectivity index (χ4n) is 1.68. The van der Waals surface area contributed by atoms with E-state index in [-0.39, 0.29) is 5.95 Å². The highest BCUT2D eigenvalue weighted by atomic mass is 127. The van der Waals surface area contributed by atoms with Crippen LogP contribution in [-0.2, 0) is 0 Å². The van der Waals surface area contributed by atoms with E-state index < -0.39 is 0 Å². The molecular weight excluding hydrogens is 365 g/mol. The van der Waals surface area contributed by atoms with Gasteiger partial charge in [-0.05, 0) is 34.7 Å². The van der Waals surface area contributed by atoms with Crippen LogP contribution < -0.4 is 5.73 Å². The Hall–Kier alpha value is -1.41. The Morgan fingerprint density at radius 2 is 2.11 bits per heavy atom. The van der Waals surface area contributed by atoms with Gasteiger partial charge in [-0.2, -0.15) is 10.1 Å². The number of hydrogen-bond acceptors (Lipinski definition) is 4. The molecule has 2 N–H and O–H groups in total. The van der Waals surface area contributed by atoms with Crippen LogP contribution in [-0.4, -0.2) is 19.7 Å². The lowest BCUT2D eigenvalue weighted by molar-refractivity contribution is 0.869. The van der Waals surface area contributed by atoms with Crippen molar-refractivity contribution in [3.05, 3.63) is 39.2 Å². The zero-order valence-corrected chi connectivity index (χ0v) is 11.9. The predicted molar refractivity (Wildman–Crippen MR) is 78.8 cm³/mol. The van der Waals surface area contributed by atoms with Crippen molar-refractivity contribution in [1.29, 1.82) is 0 Å². The SMILES string of the molecule is Nc1ncc(Cl)c(-n2ncc3ccc(I)cc32)n1. The molecule has 7 heteroatoms. The summed E-state index contributed by atoms with van der Waals surface area (Å²) >= 11 is 8.33. The topological polar surface area (TPSA) is 69.6 Å². The first-order valence-electron chi connectivity index (χ1n) is 5.07. The number of nitrogens with zero attached hydrogens (tertiary/aromatic N) is 4. The molecule has 0 bridgehead atoms. The van der Waals surface area contributed by atoms with E-state index >= 15 is 0 Å². The Balaban J connectivity index is 2.31. The van der Waals surface area contributed by atoms with E-state index in [1.807, 2.05) is 18.2 Å². The second kappa shape index (κ2) is 4.36. The lowest BCUT2D eigenvalue weighted by Gasteiger charge is -2.05. The number of nitrogens with two attached hydrogens (primary N) is 1. The summed E-state index contributed by atoms with van der Waals surface area (Å²) in [6.45, 7) is 0. The maximum atomic E-state index is 6.08. The number of hydrogen-bond donors (Lipinski definition) is 1. The van der Waals surface area contributed by atoms with Gasteiger partial charge in [0.25, 0.3) is 0 Å². The normalized spacial score (nSPS) is 11.0. The summed E-state index contributed by atoms with van der Waals surface area (Å²) in [7, 11) is 0. The van der Waals surface area contributed by atoms with Crippen LogP contribution in [0.2, 0.25) is 5.02 Å². The molecule has 5 nitrogen and oxygen atoms in total. The molecule has 0 amide bonds. The van der Waals surface area contributed by atoms with Crippen LogP contribution in [0, 0.1) is 3.57 Å². The van der Waals surface area contributed by atoms with E-state index in [9.17, 15) is 0 Å². The Morgan fingerprint density at radius 3 is 2.94 bits per heavy atom. The lowest BCUT2D eigenvalue weighted by Crippen LogP contribution is -2.04. The fraction of sp³-hybridized carbons (Fsp3) is 0. The number of nitrogen functional groups attached to an aromatic ring is 1. The van der Waals surface area contributed by atoms with Gasteiger partial charge in [-0.1, -0.05) is 17.7 Å². The van der Waals surface area contributed by atoms with Crippen molar-refractivity contribution in [2.75, 3.05) is 5.73 Å². The predicted octanol–water partition coefficient (Wildman–Crippen LogP) is 2.66. The van der Waals surface area contributed by atoms with Gasteiger partial charge in [0.15, 0.2) is 5.82 Å². The Kier molecular flexibility index (Phi) is 2.83. The number of fused-ring (bicyclic) bond motifs is 1. The molecule has 1 aromatic carbocycles. The van der Waals surface area contributed by atoms with E-state index in [1.54, 1.807) is 10.9 Å².